The number of sulfonamides is 1. The number of anilines is 1. The molecule has 1 aromatic heterocycles. The van der Waals surface area contributed by atoms with Crippen LogP contribution in [0.4, 0.5) is 5.69 Å². The summed E-state index contributed by atoms with van der Waals surface area (Å²) in [6, 6.07) is 13.7. The average Bonchev–Trinajstić information content (AvgIpc) is 3.10. The number of aryl methyl sites for hydroxylation is 3. The van der Waals surface area contributed by atoms with Gasteiger partial charge in [0.25, 0.3) is 15.9 Å². The molecule has 32 heavy (non-hydrogen) atoms. The predicted molar refractivity (Wildman–Crippen MR) is 126 cm³/mol. The van der Waals surface area contributed by atoms with E-state index in [9.17, 15) is 18.0 Å². The minimum atomic E-state index is -4.30. The summed E-state index contributed by atoms with van der Waals surface area (Å²) in [5.74, 6) is -0.741. The van der Waals surface area contributed by atoms with Crippen LogP contribution in [0.5, 0.6) is 0 Å². The molecule has 0 aliphatic heterocycles. The zero-order valence-corrected chi connectivity index (χ0v) is 19.8. The van der Waals surface area contributed by atoms with Gasteiger partial charge in [0.1, 0.15) is 5.58 Å². The molecule has 0 N–H and O–H groups in total. The predicted octanol–water partition coefficient (Wildman–Crippen LogP) is 5.47. The number of fused-ring (bicyclic) bond motifs is 1. The summed E-state index contributed by atoms with van der Waals surface area (Å²) in [5.41, 5.74) is 2.84. The number of carbonyl (C=O) groups excluding carboxylic acids is 1. The van der Waals surface area contributed by atoms with Crippen LogP contribution in [-0.2, 0) is 10.0 Å². The van der Waals surface area contributed by atoms with Crippen molar-refractivity contribution in [3.63, 3.8) is 0 Å². The molecule has 0 fully saturated rings. The Hall–Kier alpha value is -2.94. The fraction of sp³-hybridized carbons (Fsp3) is 0.130. The average molecular weight is 488 g/mol. The van der Waals surface area contributed by atoms with E-state index >= 15 is 0 Å². The van der Waals surface area contributed by atoms with Gasteiger partial charge in [0.15, 0.2) is 0 Å². The van der Waals surface area contributed by atoms with Gasteiger partial charge >= 0.3 is 4.94 Å². The molecule has 1 amide bonds. The second-order valence-electron chi connectivity index (χ2n) is 7.37. The zero-order valence-electron chi connectivity index (χ0n) is 17.4. The van der Waals surface area contributed by atoms with Crippen LogP contribution < -0.4 is 9.24 Å². The van der Waals surface area contributed by atoms with Crippen LogP contribution in [-0.4, -0.2) is 14.3 Å². The van der Waals surface area contributed by atoms with Crippen LogP contribution >= 0.6 is 22.9 Å². The Morgan fingerprint density at radius 2 is 1.59 bits per heavy atom. The van der Waals surface area contributed by atoms with Gasteiger partial charge in [0.2, 0.25) is 0 Å². The van der Waals surface area contributed by atoms with Gasteiger partial charge < -0.3 is 4.42 Å². The van der Waals surface area contributed by atoms with E-state index in [2.05, 4.69) is 0 Å². The topological polar surface area (TPSA) is 84.7 Å². The molecule has 4 rings (SSSR count). The molecule has 0 bridgehead atoms. The Labute approximate surface area is 193 Å². The number of rotatable bonds is 4. The van der Waals surface area contributed by atoms with E-state index in [0.717, 1.165) is 26.8 Å². The van der Waals surface area contributed by atoms with Gasteiger partial charge in [-0.15, -0.1) is 0 Å². The van der Waals surface area contributed by atoms with Gasteiger partial charge in [0, 0.05) is 10.6 Å². The molecule has 0 unspecified atom stereocenters. The number of benzene rings is 3. The highest BCUT2D eigenvalue weighted by atomic mass is 35.5. The smallest absolute Gasteiger partial charge is 0.396 e. The summed E-state index contributed by atoms with van der Waals surface area (Å²) in [4.78, 5) is 24.7. The first kappa shape index (κ1) is 22.3. The van der Waals surface area contributed by atoms with Crippen molar-refractivity contribution in [3.05, 3.63) is 91.6 Å². The first-order chi connectivity index (χ1) is 15.1. The summed E-state index contributed by atoms with van der Waals surface area (Å²) in [6.45, 7) is 5.40. The molecule has 0 saturated carbocycles. The third kappa shape index (κ3) is 3.97. The molecule has 0 aliphatic rings. The fourth-order valence-corrected chi connectivity index (χ4v) is 5.90. The van der Waals surface area contributed by atoms with Crippen molar-refractivity contribution in [2.75, 3.05) is 4.31 Å². The summed E-state index contributed by atoms with van der Waals surface area (Å²) in [5, 5.41) is 0.422. The molecular weight excluding hydrogens is 470 g/mol. The Morgan fingerprint density at radius 1 is 0.938 bits per heavy atom. The van der Waals surface area contributed by atoms with Crippen molar-refractivity contribution in [1.29, 1.82) is 0 Å². The number of hydrogen-bond acceptors (Lipinski definition) is 6. The summed E-state index contributed by atoms with van der Waals surface area (Å²) >= 11 is 6.77. The van der Waals surface area contributed by atoms with E-state index in [0.29, 0.717) is 20.9 Å². The van der Waals surface area contributed by atoms with Gasteiger partial charge in [-0.2, -0.15) is 4.31 Å². The van der Waals surface area contributed by atoms with Gasteiger partial charge in [0.05, 0.1) is 15.3 Å². The molecule has 1 heterocycles. The lowest BCUT2D eigenvalue weighted by molar-refractivity contribution is 0.101. The SMILES string of the molecule is Cc1cc(C)c(S(=O)(=O)N(C(=O)c2ccc(Cl)cc2)c2ccc3oc(=O)sc3c2)cc1C. The van der Waals surface area contributed by atoms with E-state index in [4.69, 9.17) is 16.0 Å². The van der Waals surface area contributed by atoms with Crippen molar-refractivity contribution in [3.8, 4) is 0 Å². The third-order valence-electron chi connectivity index (χ3n) is 5.13. The quantitative estimate of drug-likeness (QED) is 0.381. The van der Waals surface area contributed by atoms with Crippen molar-refractivity contribution in [2.45, 2.75) is 25.7 Å². The van der Waals surface area contributed by atoms with E-state index in [-0.39, 0.29) is 16.1 Å². The largest absolute Gasteiger partial charge is 0.414 e. The highest BCUT2D eigenvalue weighted by Crippen LogP contribution is 2.32. The third-order valence-corrected chi connectivity index (χ3v) is 8.03. The number of amides is 1. The van der Waals surface area contributed by atoms with Crippen LogP contribution in [0, 0.1) is 20.8 Å². The lowest BCUT2D eigenvalue weighted by atomic mass is 10.1. The Balaban J connectivity index is 1.95. The minimum Gasteiger partial charge on any atom is -0.414 e. The Morgan fingerprint density at radius 3 is 2.28 bits per heavy atom. The number of nitrogens with zero attached hydrogens (tertiary/aromatic N) is 1. The standard InChI is InChI=1S/C23H18ClNO5S2/c1-13-10-15(3)21(11-14(13)2)32(28,29)25(22(26)16-4-6-17(24)7-5-16)18-8-9-19-20(12-18)31-23(27)30-19/h4-12H,1-3H3. The minimum absolute atomic E-state index is 0.0309. The fourth-order valence-electron chi connectivity index (χ4n) is 3.37. The number of halogens is 1. The van der Waals surface area contributed by atoms with Gasteiger partial charge in [-0.25, -0.2) is 13.2 Å². The molecule has 9 heteroatoms. The van der Waals surface area contributed by atoms with Crippen molar-refractivity contribution in [1.82, 2.24) is 0 Å². The van der Waals surface area contributed by atoms with Crippen LogP contribution in [0.3, 0.4) is 0 Å². The summed E-state index contributed by atoms with van der Waals surface area (Å²) < 4.78 is 33.9. The normalized spacial score (nSPS) is 11.6. The van der Waals surface area contributed by atoms with Gasteiger partial charge in [-0.05, 0) is 86.0 Å². The van der Waals surface area contributed by atoms with E-state index < -0.39 is 20.9 Å². The van der Waals surface area contributed by atoms with Gasteiger partial charge in [-0.1, -0.05) is 29.0 Å². The highest BCUT2D eigenvalue weighted by Gasteiger charge is 2.33. The molecular formula is C23H18ClNO5S2. The van der Waals surface area contributed by atoms with Crippen LogP contribution in [0.2, 0.25) is 5.02 Å². The molecule has 6 nitrogen and oxygen atoms in total. The van der Waals surface area contributed by atoms with E-state index in [1.807, 2.05) is 13.8 Å². The maximum absolute atomic E-state index is 13.8. The van der Waals surface area contributed by atoms with E-state index in [1.54, 1.807) is 19.1 Å². The number of hydrogen-bond donors (Lipinski definition) is 0. The molecule has 4 aromatic rings. The maximum Gasteiger partial charge on any atom is 0.396 e. The van der Waals surface area contributed by atoms with Crippen LogP contribution in [0.15, 0.2) is 68.7 Å². The first-order valence-electron chi connectivity index (χ1n) is 9.55. The second kappa shape index (κ2) is 8.20. The Bertz CT molecular complexity index is 1520. The van der Waals surface area contributed by atoms with Crippen molar-refractivity contribution < 1.29 is 17.6 Å². The molecule has 0 spiro atoms. The lowest BCUT2D eigenvalue weighted by Gasteiger charge is -2.24. The highest BCUT2D eigenvalue weighted by molar-refractivity contribution is 7.93. The Kier molecular flexibility index (Phi) is 5.70. The molecule has 0 aliphatic carbocycles. The van der Waals surface area contributed by atoms with E-state index in [1.165, 1.54) is 42.5 Å². The lowest BCUT2D eigenvalue weighted by Crippen LogP contribution is -2.37. The molecule has 3 aromatic carbocycles. The van der Waals surface area contributed by atoms with Gasteiger partial charge in [-0.3, -0.25) is 4.79 Å². The molecule has 0 saturated heterocycles. The molecule has 164 valence electrons. The monoisotopic (exact) mass is 487 g/mol. The zero-order chi connectivity index (χ0) is 23.2. The van der Waals surface area contributed by atoms with Crippen LogP contribution in [0.25, 0.3) is 10.3 Å². The number of carbonyl (C=O) groups is 1. The summed E-state index contributed by atoms with van der Waals surface area (Å²) in [7, 11) is -4.30. The first-order valence-corrected chi connectivity index (χ1v) is 12.2. The summed E-state index contributed by atoms with van der Waals surface area (Å²) in [6.07, 6.45) is 0. The van der Waals surface area contributed by atoms with Crippen molar-refractivity contribution >= 4 is 54.8 Å². The second-order valence-corrected chi connectivity index (χ2v) is 10.5. The van der Waals surface area contributed by atoms with Crippen LogP contribution in [0.1, 0.15) is 27.0 Å². The maximum atomic E-state index is 13.8. The van der Waals surface area contributed by atoms with Crippen molar-refractivity contribution in [2.24, 2.45) is 0 Å². The molecule has 0 radical (unpaired) electrons. The molecule has 0 atom stereocenters.